The summed E-state index contributed by atoms with van der Waals surface area (Å²) in [7, 11) is 0. The van der Waals surface area contributed by atoms with E-state index in [9.17, 15) is 0 Å². The second-order valence-corrected chi connectivity index (χ2v) is 9.09. The third kappa shape index (κ3) is 2.96. The molecule has 6 aromatic rings. The highest BCUT2D eigenvalue weighted by Gasteiger charge is 2.22. The number of aromatic nitrogens is 4. The first kappa shape index (κ1) is 19.4. The van der Waals surface area contributed by atoms with E-state index in [1.807, 2.05) is 65.5 Å². The van der Waals surface area contributed by atoms with Crippen molar-refractivity contribution in [1.82, 2.24) is 19.7 Å². The van der Waals surface area contributed by atoms with Crippen LogP contribution in [0.4, 0.5) is 0 Å². The average molecular weight is 459 g/mol. The molecule has 0 fully saturated rings. The Kier molecular flexibility index (Phi) is 4.29. The molecule has 7 rings (SSSR count). The number of halogens is 1. The number of para-hydroxylation sites is 1. The highest BCUT2D eigenvalue weighted by molar-refractivity contribution is 6.30. The van der Waals surface area contributed by atoms with Crippen molar-refractivity contribution >= 4 is 33.5 Å². The molecule has 1 aliphatic carbocycles. The maximum atomic E-state index is 6.19. The first-order valence-corrected chi connectivity index (χ1v) is 11.7. The molecule has 162 valence electrons. The third-order valence-electron chi connectivity index (χ3n) is 6.61. The van der Waals surface area contributed by atoms with Gasteiger partial charge >= 0.3 is 0 Å². The van der Waals surface area contributed by atoms with Crippen LogP contribution < -0.4 is 0 Å². The first-order chi connectivity index (χ1) is 16.8. The predicted molar refractivity (Wildman–Crippen MR) is 137 cm³/mol. The van der Waals surface area contributed by atoms with Crippen molar-refractivity contribution < 1.29 is 0 Å². The molecule has 0 saturated carbocycles. The Labute approximate surface area is 201 Å². The number of aryl methyl sites for hydroxylation is 2. The molecule has 0 atom stereocenters. The quantitative estimate of drug-likeness (QED) is 0.279. The van der Waals surface area contributed by atoms with E-state index in [0.29, 0.717) is 5.02 Å². The fourth-order valence-corrected chi connectivity index (χ4v) is 5.10. The number of nitrogens with zero attached hydrogens (tertiary/aromatic N) is 4. The van der Waals surface area contributed by atoms with E-state index in [-0.39, 0.29) is 0 Å². The lowest BCUT2D eigenvalue weighted by atomic mass is 9.88. The number of rotatable bonds is 2. The third-order valence-corrected chi connectivity index (χ3v) is 6.86. The van der Waals surface area contributed by atoms with Gasteiger partial charge < -0.3 is 0 Å². The van der Waals surface area contributed by atoms with Crippen molar-refractivity contribution in [2.24, 2.45) is 0 Å². The zero-order valence-electron chi connectivity index (χ0n) is 18.2. The van der Waals surface area contributed by atoms with Gasteiger partial charge in [0.1, 0.15) is 5.69 Å². The Bertz CT molecular complexity index is 1700. The van der Waals surface area contributed by atoms with Gasteiger partial charge in [-0.05, 0) is 54.3 Å². The van der Waals surface area contributed by atoms with Gasteiger partial charge in [0.15, 0.2) is 5.65 Å². The van der Waals surface area contributed by atoms with Crippen molar-refractivity contribution in [2.45, 2.75) is 12.8 Å². The zero-order chi connectivity index (χ0) is 22.6. The van der Waals surface area contributed by atoms with Crippen LogP contribution in [0.1, 0.15) is 11.1 Å². The van der Waals surface area contributed by atoms with Gasteiger partial charge in [-0.25, -0.2) is 14.6 Å². The Morgan fingerprint density at radius 1 is 0.765 bits per heavy atom. The van der Waals surface area contributed by atoms with Crippen molar-refractivity contribution in [3.63, 3.8) is 0 Å². The molecule has 0 N–H and O–H groups in total. The molecule has 0 saturated heterocycles. The zero-order valence-corrected chi connectivity index (χ0v) is 19.0. The van der Waals surface area contributed by atoms with Crippen molar-refractivity contribution in [1.29, 1.82) is 0 Å². The van der Waals surface area contributed by atoms with Gasteiger partial charge in [0.05, 0.1) is 22.3 Å². The molecule has 3 aromatic heterocycles. The highest BCUT2D eigenvalue weighted by atomic mass is 35.5. The molecule has 0 spiro atoms. The molecule has 5 heteroatoms. The summed E-state index contributed by atoms with van der Waals surface area (Å²) in [5.41, 5.74) is 9.43. The van der Waals surface area contributed by atoms with Crippen LogP contribution in [0, 0.1) is 0 Å². The number of hydrogen-bond donors (Lipinski definition) is 0. The second kappa shape index (κ2) is 7.51. The van der Waals surface area contributed by atoms with Crippen LogP contribution in [-0.4, -0.2) is 19.7 Å². The standard InChI is InChI=1S/C29H19ClN4/c30-22-14-12-19(13-15-22)28-25-27-21(17-31-29(25)34(33-28)23-7-2-1-3-8-23)16-20-11-10-18-6-4-5-9-24(18)26(20)32-27/h1-9,12-17H,10-11H2. The molecular formula is C29H19ClN4. The van der Waals surface area contributed by atoms with Crippen molar-refractivity contribution in [3.05, 3.63) is 107 Å². The summed E-state index contributed by atoms with van der Waals surface area (Å²) in [6.45, 7) is 0. The molecule has 3 aromatic carbocycles. The normalized spacial score (nSPS) is 12.6. The number of fused-ring (bicyclic) bond motifs is 6. The molecule has 0 radical (unpaired) electrons. The van der Waals surface area contributed by atoms with Gasteiger partial charge in [-0.3, -0.25) is 0 Å². The lowest BCUT2D eigenvalue weighted by Gasteiger charge is -2.19. The van der Waals surface area contributed by atoms with E-state index in [1.165, 1.54) is 16.7 Å². The van der Waals surface area contributed by atoms with Crippen LogP contribution >= 0.6 is 11.6 Å². The maximum Gasteiger partial charge on any atom is 0.165 e. The van der Waals surface area contributed by atoms with Crippen LogP contribution in [0.3, 0.4) is 0 Å². The summed E-state index contributed by atoms with van der Waals surface area (Å²) < 4.78 is 1.91. The van der Waals surface area contributed by atoms with E-state index < -0.39 is 0 Å². The van der Waals surface area contributed by atoms with Gasteiger partial charge in [-0.2, -0.15) is 5.10 Å². The van der Waals surface area contributed by atoms with Gasteiger partial charge in [0.25, 0.3) is 0 Å². The lowest BCUT2D eigenvalue weighted by molar-refractivity contribution is 0.901. The fraction of sp³-hybridized carbons (Fsp3) is 0.0690. The monoisotopic (exact) mass is 458 g/mol. The van der Waals surface area contributed by atoms with Gasteiger partial charge in [-0.15, -0.1) is 0 Å². The lowest BCUT2D eigenvalue weighted by Crippen LogP contribution is -2.06. The van der Waals surface area contributed by atoms with E-state index >= 15 is 0 Å². The van der Waals surface area contributed by atoms with Crippen LogP contribution in [0.5, 0.6) is 0 Å². The Hall–Kier alpha value is -4.02. The van der Waals surface area contributed by atoms with Gasteiger partial charge in [0, 0.05) is 27.7 Å². The van der Waals surface area contributed by atoms with Gasteiger partial charge in [-0.1, -0.05) is 66.2 Å². The number of hydrogen-bond acceptors (Lipinski definition) is 3. The highest BCUT2D eigenvalue weighted by Crippen LogP contribution is 2.38. The summed E-state index contributed by atoms with van der Waals surface area (Å²) in [6.07, 6.45) is 3.95. The van der Waals surface area contributed by atoms with Crippen LogP contribution in [0.2, 0.25) is 5.02 Å². The minimum Gasteiger partial charge on any atom is -0.247 e. The van der Waals surface area contributed by atoms with Crippen molar-refractivity contribution in [2.75, 3.05) is 0 Å². The van der Waals surface area contributed by atoms with Crippen LogP contribution in [-0.2, 0) is 12.8 Å². The Morgan fingerprint density at radius 3 is 2.38 bits per heavy atom. The number of benzene rings is 3. The Balaban J connectivity index is 1.59. The van der Waals surface area contributed by atoms with Crippen molar-refractivity contribution in [3.8, 4) is 28.2 Å². The molecule has 0 aliphatic heterocycles. The largest absolute Gasteiger partial charge is 0.247 e. The second-order valence-electron chi connectivity index (χ2n) is 8.65. The van der Waals surface area contributed by atoms with Gasteiger partial charge in [0.2, 0.25) is 0 Å². The summed E-state index contributed by atoms with van der Waals surface area (Å²) in [5, 5.41) is 7.72. The SMILES string of the molecule is Clc1ccc(-c2nn(-c3ccccc3)c3ncc4cc5c(nc4c23)-c2ccccc2CC5)cc1. The maximum absolute atomic E-state index is 6.19. The molecule has 3 heterocycles. The molecular weight excluding hydrogens is 440 g/mol. The smallest absolute Gasteiger partial charge is 0.165 e. The predicted octanol–water partition coefficient (Wildman–Crippen LogP) is 7.05. The molecule has 0 amide bonds. The average Bonchev–Trinajstić information content (AvgIpc) is 3.29. The topological polar surface area (TPSA) is 43.6 Å². The fourth-order valence-electron chi connectivity index (χ4n) is 4.97. The molecule has 0 unspecified atom stereocenters. The van der Waals surface area contributed by atoms with E-state index in [4.69, 9.17) is 26.7 Å². The van der Waals surface area contributed by atoms with Crippen LogP contribution in [0.25, 0.3) is 50.1 Å². The first-order valence-electron chi connectivity index (χ1n) is 11.4. The molecule has 34 heavy (non-hydrogen) atoms. The molecule has 4 nitrogen and oxygen atoms in total. The van der Waals surface area contributed by atoms with E-state index in [0.717, 1.165) is 57.4 Å². The summed E-state index contributed by atoms with van der Waals surface area (Å²) in [5.74, 6) is 0. The molecule has 0 bridgehead atoms. The Morgan fingerprint density at radius 2 is 1.53 bits per heavy atom. The summed E-state index contributed by atoms with van der Waals surface area (Å²) in [6, 6.07) is 28.8. The van der Waals surface area contributed by atoms with E-state index in [2.05, 4.69) is 30.3 Å². The summed E-state index contributed by atoms with van der Waals surface area (Å²) in [4.78, 5) is 10.2. The minimum atomic E-state index is 0.697. The minimum absolute atomic E-state index is 0.697. The van der Waals surface area contributed by atoms with Crippen LogP contribution in [0.15, 0.2) is 91.1 Å². The summed E-state index contributed by atoms with van der Waals surface area (Å²) >= 11 is 6.19. The molecule has 1 aliphatic rings. The van der Waals surface area contributed by atoms with E-state index in [1.54, 1.807) is 0 Å². The number of pyridine rings is 2.